The number of rotatable bonds is 3. The van der Waals surface area contributed by atoms with E-state index in [1.165, 1.54) is 17.2 Å². The van der Waals surface area contributed by atoms with Gasteiger partial charge in [-0.2, -0.15) is 0 Å². The highest BCUT2D eigenvalue weighted by molar-refractivity contribution is 5.54. The molecule has 22 heavy (non-hydrogen) atoms. The molecule has 0 amide bonds. The summed E-state index contributed by atoms with van der Waals surface area (Å²) in [7, 11) is 4.22. The lowest BCUT2D eigenvalue weighted by atomic mass is 10.2. The molecular weight excluding hydrogens is 272 g/mol. The summed E-state index contributed by atoms with van der Waals surface area (Å²) in [6.07, 6.45) is 6.77. The molecule has 0 aromatic carbocycles. The maximum atomic E-state index is 2.37. The Kier molecular flexibility index (Phi) is 3.69. The number of hydrogen-bond donors (Lipinski definition) is 0. The first-order valence-electron chi connectivity index (χ1n) is 7.85. The van der Waals surface area contributed by atoms with E-state index in [1.54, 1.807) is 0 Å². The molecule has 2 aromatic rings. The van der Waals surface area contributed by atoms with Crippen LogP contribution in [0.25, 0.3) is 11.4 Å². The molecule has 3 heterocycles. The zero-order chi connectivity index (χ0) is 15.9. The molecule has 1 unspecified atom stereocenters. The van der Waals surface area contributed by atoms with Gasteiger partial charge in [0, 0.05) is 31.6 Å². The molecule has 0 saturated heterocycles. The standard InChI is InChI=1S/C18H25N4/c1-14(2)21-12-13-22(15(21)3)18-10-6-8-17(20(18)5)16-9-7-11-19(16)4/h6-15H,1-5H3/q+1. The molecule has 1 aliphatic heterocycles. The fraction of sp³-hybridized carbons (Fsp3) is 0.389. The molecule has 4 nitrogen and oxygen atoms in total. The van der Waals surface area contributed by atoms with Crippen molar-refractivity contribution in [3.05, 3.63) is 48.9 Å². The van der Waals surface area contributed by atoms with Gasteiger partial charge >= 0.3 is 0 Å². The molecule has 0 spiro atoms. The van der Waals surface area contributed by atoms with Crippen LogP contribution in [0.5, 0.6) is 0 Å². The highest BCUT2D eigenvalue weighted by Gasteiger charge is 2.33. The number of aromatic nitrogens is 2. The van der Waals surface area contributed by atoms with Gasteiger partial charge in [0.2, 0.25) is 0 Å². The van der Waals surface area contributed by atoms with Gasteiger partial charge in [-0.25, -0.2) is 9.47 Å². The van der Waals surface area contributed by atoms with Crippen molar-refractivity contribution < 1.29 is 4.57 Å². The summed E-state index contributed by atoms with van der Waals surface area (Å²) in [6.45, 7) is 6.70. The molecule has 0 radical (unpaired) electrons. The topological polar surface area (TPSA) is 15.3 Å². The molecule has 116 valence electrons. The molecule has 0 N–H and O–H groups in total. The molecular formula is C18H25N4+. The second-order valence-electron chi connectivity index (χ2n) is 6.21. The maximum Gasteiger partial charge on any atom is 0.283 e. The Morgan fingerprint density at radius 2 is 1.86 bits per heavy atom. The van der Waals surface area contributed by atoms with E-state index in [4.69, 9.17) is 0 Å². The third-order valence-corrected chi connectivity index (χ3v) is 4.50. The van der Waals surface area contributed by atoms with E-state index in [0.717, 1.165) is 0 Å². The van der Waals surface area contributed by atoms with Crippen molar-refractivity contribution in [1.29, 1.82) is 0 Å². The Morgan fingerprint density at radius 1 is 1.09 bits per heavy atom. The predicted octanol–water partition coefficient (Wildman–Crippen LogP) is 2.86. The predicted molar refractivity (Wildman–Crippen MR) is 90.1 cm³/mol. The van der Waals surface area contributed by atoms with Gasteiger partial charge in [-0.1, -0.05) is 0 Å². The largest absolute Gasteiger partial charge is 0.348 e. The highest BCUT2D eigenvalue weighted by Crippen LogP contribution is 2.25. The maximum absolute atomic E-state index is 2.37. The average Bonchev–Trinajstić information content (AvgIpc) is 3.06. The minimum atomic E-state index is 0.329. The SMILES string of the molecule is CC(C)N1C=CN(c2cccc(-c3cccn3C)[n+]2C)C1C. The van der Waals surface area contributed by atoms with Gasteiger partial charge in [0.1, 0.15) is 6.20 Å². The van der Waals surface area contributed by atoms with Gasteiger partial charge in [-0.05, 0) is 45.0 Å². The van der Waals surface area contributed by atoms with Gasteiger partial charge < -0.3 is 9.47 Å². The number of aryl methyl sites for hydroxylation is 1. The van der Waals surface area contributed by atoms with E-state index in [1.807, 2.05) is 0 Å². The molecule has 1 aliphatic rings. The summed E-state index contributed by atoms with van der Waals surface area (Å²) >= 11 is 0. The minimum absolute atomic E-state index is 0.329. The first kappa shape index (κ1) is 14.7. The van der Waals surface area contributed by atoms with Crippen LogP contribution >= 0.6 is 0 Å². The summed E-state index contributed by atoms with van der Waals surface area (Å²) in [5.74, 6) is 1.20. The van der Waals surface area contributed by atoms with Crippen LogP contribution in [0.3, 0.4) is 0 Å². The van der Waals surface area contributed by atoms with Crippen molar-refractivity contribution in [3.8, 4) is 11.4 Å². The Hall–Kier alpha value is -2.23. The van der Waals surface area contributed by atoms with Gasteiger partial charge in [0.05, 0.1) is 12.7 Å². The van der Waals surface area contributed by atoms with E-state index in [2.05, 4.69) is 103 Å². The minimum Gasteiger partial charge on any atom is -0.348 e. The van der Waals surface area contributed by atoms with Crippen LogP contribution in [-0.2, 0) is 14.1 Å². The fourth-order valence-electron chi connectivity index (χ4n) is 3.23. The van der Waals surface area contributed by atoms with E-state index in [9.17, 15) is 0 Å². The number of nitrogens with zero attached hydrogens (tertiary/aromatic N) is 4. The van der Waals surface area contributed by atoms with E-state index in [0.29, 0.717) is 12.2 Å². The van der Waals surface area contributed by atoms with Crippen LogP contribution in [-0.4, -0.2) is 21.7 Å². The van der Waals surface area contributed by atoms with Crippen LogP contribution in [0.4, 0.5) is 5.82 Å². The fourth-order valence-corrected chi connectivity index (χ4v) is 3.23. The van der Waals surface area contributed by atoms with Crippen LogP contribution in [0.15, 0.2) is 48.9 Å². The lowest BCUT2D eigenvalue weighted by molar-refractivity contribution is -0.647. The smallest absolute Gasteiger partial charge is 0.283 e. The highest BCUT2D eigenvalue weighted by atomic mass is 15.4. The van der Waals surface area contributed by atoms with E-state index < -0.39 is 0 Å². The second kappa shape index (κ2) is 5.52. The Morgan fingerprint density at radius 3 is 2.45 bits per heavy atom. The number of hydrogen-bond acceptors (Lipinski definition) is 2. The molecule has 1 atom stereocenters. The van der Waals surface area contributed by atoms with Crippen molar-refractivity contribution in [2.45, 2.75) is 33.0 Å². The first-order chi connectivity index (χ1) is 10.5. The number of anilines is 1. The van der Waals surface area contributed by atoms with Crippen molar-refractivity contribution >= 4 is 5.82 Å². The van der Waals surface area contributed by atoms with Gasteiger partial charge in [0.25, 0.3) is 5.82 Å². The van der Waals surface area contributed by atoms with Gasteiger partial charge in [-0.15, -0.1) is 0 Å². The van der Waals surface area contributed by atoms with E-state index in [-0.39, 0.29) is 0 Å². The van der Waals surface area contributed by atoms with Crippen molar-refractivity contribution in [2.24, 2.45) is 14.1 Å². The Balaban J connectivity index is 2.00. The van der Waals surface area contributed by atoms with E-state index >= 15 is 0 Å². The molecule has 0 bridgehead atoms. The van der Waals surface area contributed by atoms with Crippen molar-refractivity contribution in [1.82, 2.24) is 9.47 Å². The van der Waals surface area contributed by atoms with Crippen molar-refractivity contribution in [2.75, 3.05) is 4.90 Å². The zero-order valence-electron chi connectivity index (χ0n) is 14.1. The van der Waals surface area contributed by atoms with Gasteiger partial charge in [-0.3, -0.25) is 0 Å². The third-order valence-electron chi connectivity index (χ3n) is 4.50. The monoisotopic (exact) mass is 297 g/mol. The molecule has 0 aliphatic carbocycles. The van der Waals surface area contributed by atoms with Gasteiger partial charge in [0.15, 0.2) is 11.9 Å². The first-order valence-corrected chi connectivity index (χ1v) is 7.85. The van der Waals surface area contributed by atoms with Crippen LogP contribution in [0.1, 0.15) is 20.8 Å². The van der Waals surface area contributed by atoms with Crippen molar-refractivity contribution in [3.63, 3.8) is 0 Å². The summed E-state index contributed by atoms with van der Waals surface area (Å²) in [6, 6.07) is 11.2. The average molecular weight is 297 g/mol. The summed E-state index contributed by atoms with van der Waals surface area (Å²) in [5.41, 5.74) is 2.44. The summed E-state index contributed by atoms with van der Waals surface area (Å²) in [5, 5.41) is 0. The third kappa shape index (κ3) is 2.28. The quantitative estimate of drug-likeness (QED) is 0.810. The molecule has 4 heteroatoms. The molecule has 0 saturated carbocycles. The zero-order valence-corrected chi connectivity index (χ0v) is 14.1. The molecule has 3 rings (SSSR count). The second-order valence-corrected chi connectivity index (χ2v) is 6.21. The lowest BCUT2D eigenvalue weighted by Crippen LogP contribution is -2.45. The van der Waals surface area contributed by atoms with Crippen LogP contribution in [0, 0.1) is 0 Å². The Bertz CT molecular complexity index is 699. The summed E-state index contributed by atoms with van der Waals surface area (Å²) in [4.78, 5) is 4.70. The molecule has 2 aromatic heterocycles. The Labute approximate surface area is 132 Å². The lowest BCUT2D eigenvalue weighted by Gasteiger charge is -2.28. The van der Waals surface area contributed by atoms with Crippen LogP contribution < -0.4 is 9.47 Å². The normalized spacial score (nSPS) is 17.8. The van der Waals surface area contributed by atoms with Crippen LogP contribution in [0.2, 0.25) is 0 Å². The summed E-state index contributed by atoms with van der Waals surface area (Å²) < 4.78 is 4.42. The molecule has 0 fully saturated rings. The number of pyridine rings is 1.